The normalized spacial score (nSPS) is 10.3. The minimum absolute atomic E-state index is 0.0237. The molecule has 0 aliphatic heterocycles. The van der Waals surface area contributed by atoms with E-state index in [0.29, 0.717) is 0 Å². The summed E-state index contributed by atoms with van der Waals surface area (Å²) in [7, 11) is 0. The van der Waals surface area contributed by atoms with Gasteiger partial charge in [0.1, 0.15) is 11.6 Å². The summed E-state index contributed by atoms with van der Waals surface area (Å²) in [5, 5.41) is 2.35. The van der Waals surface area contributed by atoms with Gasteiger partial charge in [0.25, 0.3) is 5.91 Å². The summed E-state index contributed by atoms with van der Waals surface area (Å²) in [5.41, 5.74) is 0.0905. The van der Waals surface area contributed by atoms with Crippen LogP contribution in [-0.2, 0) is 4.79 Å². The van der Waals surface area contributed by atoms with E-state index >= 15 is 0 Å². The van der Waals surface area contributed by atoms with Crippen molar-refractivity contribution in [1.82, 2.24) is 0 Å². The topological polar surface area (TPSA) is 38.3 Å². The zero-order valence-electron chi connectivity index (χ0n) is 10.5. The highest BCUT2D eigenvalue weighted by molar-refractivity contribution is 6.32. The molecule has 0 saturated carbocycles. The first-order chi connectivity index (χ1) is 9.95. The van der Waals surface area contributed by atoms with Gasteiger partial charge in [-0.05, 0) is 30.3 Å². The molecule has 0 spiro atoms. The van der Waals surface area contributed by atoms with Gasteiger partial charge in [-0.1, -0.05) is 11.6 Å². The Morgan fingerprint density at radius 3 is 2.52 bits per heavy atom. The number of benzene rings is 2. The Balaban J connectivity index is 1.94. The third-order valence-electron chi connectivity index (χ3n) is 2.46. The third-order valence-corrected chi connectivity index (χ3v) is 2.75. The number of carbonyl (C=O) groups is 1. The van der Waals surface area contributed by atoms with E-state index < -0.39 is 30.0 Å². The van der Waals surface area contributed by atoms with Crippen LogP contribution < -0.4 is 10.1 Å². The molecule has 0 aliphatic rings. The van der Waals surface area contributed by atoms with E-state index in [9.17, 15) is 18.0 Å². The molecular weight excluding hydrogens is 307 g/mol. The molecule has 0 fully saturated rings. The van der Waals surface area contributed by atoms with Crippen LogP contribution in [0.1, 0.15) is 0 Å². The van der Waals surface area contributed by atoms with Crippen LogP contribution in [0.2, 0.25) is 5.02 Å². The van der Waals surface area contributed by atoms with Gasteiger partial charge in [-0.15, -0.1) is 0 Å². The van der Waals surface area contributed by atoms with Gasteiger partial charge in [-0.2, -0.15) is 0 Å². The van der Waals surface area contributed by atoms with Crippen molar-refractivity contribution in [3.63, 3.8) is 0 Å². The molecule has 2 aromatic carbocycles. The molecule has 0 bridgehead atoms. The van der Waals surface area contributed by atoms with Crippen LogP contribution >= 0.6 is 11.6 Å². The summed E-state index contributed by atoms with van der Waals surface area (Å²) in [5.74, 6) is -3.07. The molecule has 0 saturated heterocycles. The van der Waals surface area contributed by atoms with E-state index in [4.69, 9.17) is 16.3 Å². The Morgan fingerprint density at radius 2 is 1.86 bits per heavy atom. The molecule has 1 N–H and O–H groups in total. The summed E-state index contributed by atoms with van der Waals surface area (Å²) in [6.45, 7) is -0.412. The van der Waals surface area contributed by atoms with E-state index in [0.717, 1.165) is 24.3 Å². The molecule has 2 rings (SSSR count). The average molecular weight is 316 g/mol. The number of hydrogen-bond acceptors (Lipinski definition) is 2. The lowest BCUT2D eigenvalue weighted by molar-refractivity contribution is -0.118. The molecular formula is C14H9ClF3NO2. The molecule has 3 nitrogen and oxygen atoms in total. The first-order valence-corrected chi connectivity index (χ1v) is 6.16. The van der Waals surface area contributed by atoms with Crippen molar-refractivity contribution in [2.45, 2.75) is 0 Å². The molecule has 0 aliphatic carbocycles. The monoisotopic (exact) mass is 315 g/mol. The Kier molecular flexibility index (Phi) is 4.70. The standard InChI is InChI=1S/C14H9ClF3NO2/c15-10-5-8(16)1-4-13(10)21-7-14(20)19-9-2-3-11(17)12(18)6-9/h1-6H,7H2,(H,19,20). The molecule has 2 aromatic rings. The summed E-state index contributed by atoms with van der Waals surface area (Å²) in [6, 6.07) is 6.41. The molecule has 0 radical (unpaired) electrons. The van der Waals surface area contributed by atoms with Crippen LogP contribution in [0.3, 0.4) is 0 Å². The molecule has 0 aromatic heterocycles. The lowest BCUT2D eigenvalue weighted by atomic mass is 10.3. The van der Waals surface area contributed by atoms with Gasteiger partial charge in [0, 0.05) is 11.8 Å². The predicted octanol–water partition coefficient (Wildman–Crippen LogP) is 3.77. The molecule has 21 heavy (non-hydrogen) atoms. The molecule has 0 heterocycles. The van der Waals surface area contributed by atoms with Gasteiger partial charge in [0.2, 0.25) is 0 Å². The van der Waals surface area contributed by atoms with Crippen molar-refractivity contribution < 1.29 is 22.7 Å². The Bertz CT molecular complexity index is 679. The van der Waals surface area contributed by atoms with Gasteiger partial charge >= 0.3 is 0 Å². The van der Waals surface area contributed by atoms with Gasteiger partial charge < -0.3 is 10.1 Å². The Hall–Kier alpha value is -2.21. The number of hydrogen-bond donors (Lipinski definition) is 1. The van der Waals surface area contributed by atoms with E-state index in [-0.39, 0.29) is 16.5 Å². The van der Waals surface area contributed by atoms with Crippen molar-refractivity contribution >= 4 is 23.2 Å². The Morgan fingerprint density at radius 1 is 1.10 bits per heavy atom. The predicted molar refractivity (Wildman–Crippen MR) is 71.9 cm³/mol. The quantitative estimate of drug-likeness (QED) is 0.932. The van der Waals surface area contributed by atoms with E-state index in [2.05, 4.69) is 5.32 Å². The second-order valence-corrected chi connectivity index (χ2v) is 4.45. The number of halogens is 4. The molecule has 0 unspecified atom stereocenters. The maximum Gasteiger partial charge on any atom is 0.262 e. The first kappa shape index (κ1) is 15.2. The second kappa shape index (κ2) is 6.49. The van der Waals surface area contributed by atoms with Crippen LogP contribution in [0.15, 0.2) is 36.4 Å². The van der Waals surface area contributed by atoms with Crippen molar-refractivity contribution in [2.24, 2.45) is 0 Å². The molecule has 1 amide bonds. The summed E-state index contributed by atoms with van der Waals surface area (Å²) in [4.78, 5) is 11.6. The van der Waals surface area contributed by atoms with Crippen molar-refractivity contribution in [2.75, 3.05) is 11.9 Å². The number of ether oxygens (including phenoxy) is 1. The fourth-order valence-electron chi connectivity index (χ4n) is 1.51. The minimum atomic E-state index is -1.07. The second-order valence-electron chi connectivity index (χ2n) is 4.04. The smallest absolute Gasteiger partial charge is 0.262 e. The number of rotatable bonds is 4. The highest BCUT2D eigenvalue weighted by atomic mass is 35.5. The van der Waals surface area contributed by atoms with Crippen LogP contribution in [0.5, 0.6) is 5.75 Å². The zero-order chi connectivity index (χ0) is 15.4. The molecule has 0 atom stereocenters. The maximum absolute atomic E-state index is 13.0. The van der Waals surface area contributed by atoms with Crippen molar-refractivity contribution in [3.05, 3.63) is 58.9 Å². The average Bonchev–Trinajstić information content (AvgIpc) is 2.42. The van der Waals surface area contributed by atoms with Crippen molar-refractivity contribution in [3.8, 4) is 5.75 Å². The number of nitrogens with one attached hydrogen (secondary N) is 1. The first-order valence-electron chi connectivity index (χ1n) is 5.78. The lowest BCUT2D eigenvalue weighted by Crippen LogP contribution is -2.20. The SMILES string of the molecule is O=C(COc1ccc(F)cc1Cl)Nc1ccc(F)c(F)c1. The third kappa shape index (κ3) is 4.13. The number of carbonyl (C=O) groups excluding carboxylic acids is 1. The van der Waals surface area contributed by atoms with Crippen LogP contribution in [0.25, 0.3) is 0 Å². The number of anilines is 1. The van der Waals surface area contributed by atoms with Crippen LogP contribution in [-0.4, -0.2) is 12.5 Å². The highest BCUT2D eigenvalue weighted by Gasteiger charge is 2.09. The fraction of sp³-hybridized carbons (Fsp3) is 0.0714. The van der Waals surface area contributed by atoms with Crippen LogP contribution in [0, 0.1) is 17.5 Å². The van der Waals surface area contributed by atoms with Gasteiger partial charge in [0.05, 0.1) is 5.02 Å². The van der Waals surface area contributed by atoms with E-state index in [1.54, 1.807) is 0 Å². The maximum atomic E-state index is 13.0. The molecule has 110 valence electrons. The summed E-state index contributed by atoms with van der Waals surface area (Å²) in [6.07, 6.45) is 0. The summed E-state index contributed by atoms with van der Waals surface area (Å²) >= 11 is 5.72. The molecule has 7 heteroatoms. The van der Waals surface area contributed by atoms with Crippen LogP contribution in [0.4, 0.5) is 18.9 Å². The van der Waals surface area contributed by atoms with Crippen molar-refractivity contribution in [1.29, 1.82) is 0 Å². The zero-order valence-corrected chi connectivity index (χ0v) is 11.3. The number of amides is 1. The van der Waals surface area contributed by atoms with Gasteiger partial charge in [-0.25, -0.2) is 13.2 Å². The fourth-order valence-corrected chi connectivity index (χ4v) is 1.73. The van der Waals surface area contributed by atoms with Gasteiger partial charge in [0.15, 0.2) is 18.2 Å². The lowest BCUT2D eigenvalue weighted by Gasteiger charge is -2.09. The van der Waals surface area contributed by atoms with E-state index in [1.807, 2.05) is 0 Å². The van der Waals surface area contributed by atoms with E-state index in [1.165, 1.54) is 12.1 Å². The minimum Gasteiger partial charge on any atom is -0.482 e. The Labute approximate surface area is 123 Å². The highest BCUT2D eigenvalue weighted by Crippen LogP contribution is 2.24. The largest absolute Gasteiger partial charge is 0.482 e. The van der Waals surface area contributed by atoms with Gasteiger partial charge in [-0.3, -0.25) is 4.79 Å². The summed E-state index contributed by atoms with van der Waals surface area (Å²) < 4.78 is 43.6.